The van der Waals surface area contributed by atoms with Crippen molar-refractivity contribution in [1.29, 1.82) is 0 Å². The molecule has 0 aliphatic heterocycles. The van der Waals surface area contributed by atoms with E-state index >= 15 is 0 Å². The minimum Gasteiger partial charge on any atom is -0.497 e. The molecule has 0 aliphatic rings. The average Bonchev–Trinajstić information content (AvgIpc) is 2.95. The zero-order valence-corrected chi connectivity index (χ0v) is 22.4. The van der Waals surface area contributed by atoms with Crippen LogP contribution in [0.1, 0.15) is 41.2 Å². The minimum absolute atomic E-state index is 0.155. The highest BCUT2D eigenvalue weighted by Gasteiger charge is 2.43. The monoisotopic (exact) mass is 574 g/mol. The molecular weight excluding hydrogens is 545 g/mol. The summed E-state index contributed by atoms with van der Waals surface area (Å²) >= 11 is 0. The molecule has 3 aromatic carbocycles. The van der Waals surface area contributed by atoms with Gasteiger partial charge in [-0.2, -0.15) is 13.2 Å². The van der Waals surface area contributed by atoms with E-state index in [9.17, 15) is 43.1 Å². The largest absolute Gasteiger partial charge is 0.497 e. The molecule has 3 unspecified atom stereocenters. The molecule has 0 heterocycles. The molecule has 1 amide bonds. The zero-order valence-electron chi connectivity index (χ0n) is 22.4. The van der Waals surface area contributed by atoms with Crippen LogP contribution in [0.15, 0.2) is 72.8 Å². The summed E-state index contributed by atoms with van der Waals surface area (Å²) < 4.78 is 47.1. The van der Waals surface area contributed by atoms with E-state index in [2.05, 4.69) is 0 Å². The number of hydrogen-bond donors (Lipinski definition) is 2. The summed E-state index contributed by atoms with van der Waals surface area (Å²) in [5.41, 5.74) is -2.28. The maximum absolute atomic E-state index is 14.0. The molecule has 0 fully saturated rings. The number of aliphatic hydroxyl groups is 1. The van der Waals surface area contributed by atoms with Gasteiger partial charge in [0.05, 0.1) is 29.7 Å². The summed E-state index contributed by atoms with van der Waals surface area (Å²) in [7, 11) is 2.67. The Morgan fingerprint density at radius 1 is 1.00 bits per heavy atom. The van der Waals surface area contributed by atoms with Gasteiger partial charge in [-0.3, -0.25) is 19.7 Å². The molecule has 12 heteroatoms. The molecule has 0 aliphatic carbocycles. The lowest BCUT2D eigenvalue weighted by Gasteiger charge is -2.34. The molecule has 41 heavy (non-hydrogen) atoms. The van der Waals surface area contributed by atoms with Gasteiger partial charge in [-0.15, -0.1) is 0 Å². The number of methoxy groups -OCH3 is 1. The van der Waals surface area contributed by atoms with E-state index in [1.165, 1.54) is 45.3 Å². The number of halogens is 3. The summed E-state index contributed by atoms with van der Waals surface area (Å²) in [5, 5.41) is 32.9. The second-order valence-corrected chi connectivity index (χ2v) is 9.50. The minimum atomic E-state index is -4.99. The SMILES string of the molecule is COc1ccc([C@H](Cc2c([N+](=O)[O-])cccc2C(F)(F)F)C(C(=O)O)C(=O)N(C)C(C)C(O)c2ccccc2)cc1. The van der Waals surface area contributed by atoms with Gasteiger partial charge in [0.15, 0.2) is 0 Å². The topological polar surface area (TPSA) is 130 Å². The van der Waals surface area contributed by atoms with Crippen LogP contribution in [0.4, 0.5) is 18.9 Å². The van der Waals surface area contributed by atoms with Gasteiger partial charge in [-0.25, -0.2) is 0 Å². The molecule has 0 bridgehead atoms. The average molecular weight is 575 g/mol. The quantitative estimate of drug-likeness (QED) is 0.182. The third-order valence-electron chi connectivity index (χ3n) is 7.11. The number of carboxylic acid groups (broad SMARTS) is 1. The lowest BCUT2D eigenvalue weighted by atomic mass is 9.79. The zero-order chi connectivity index (χ0) is 30.5. The van der Waals surface area contributed by atoms with Crippen LogP contribution in [0.2, 0.25) is 0 Å². The molecule has 218 valence electrons. The van der Waals surface area contributed by atoms with E-state index in [0.29, 0.717) is 17.4 Å². The van der Waals surface area contributed by atoms with Crippen molar-refractivity contribution in [3.63, 3.8) is 0 Å². The first kappa shape index (κ1) is 31.1. The van der Waals surface area contributed by atoms with Crippen molar-refractivity contribution in [2.75, 3.05) is 14.2 Å². The number of likely N-dealkylation sites (N-methyl/N-ethyl adjacent to an activating group) is 1. The molecule has 0 saturated carbocycles. The fraction of sp³-hybridized carbons (Fsp3) is 0.310. The second kappa shape index (κ2) is 12.8. The normalized spacial score (nSPS) is 14.4. The fourth-order valence-corrected chi connectivity index (χ4v) is 4.74. The van der Waals surface area contributed by atoms with Crippen LogP contribution in [0.25, 0.3) is 0 Å². The molecular formula is C29H29F3N2O7. The first-order valence-electron chi connectivity index (χ1n) is 12.5. The van der Waals surface area contributed by atoms with Crippen LogP contribution in [0.5, 0.6) is 5.75 Å². The van der Waals surface area contributed by atoms with Crippen molar-refractivity contribution in [2.24, 2.45) is 5.92 Å². The van der Waals surface area contributed by atoms with E-state index < -0.39 is 70.2 Å². The number of nitro groups is 1. The summed E-state index contributed by atoms with van der Waals surface area (Å²) in [4.78, 5) is 38.2. The fourth-order valence-electron chi connectivity index (χ4n) is 4.74. The molecule has 3 rings (SSSR count). The van der Waals surface area contributed by atoms with Gasteiger partial charge in [0.1, 0.15) is 11.7 Å². The number of aliphatic carboxylic acids is 1. The van der Waals surface area contributed by atoms with Crippen molar-refractivity contribution in [2.45, 2.75) is 37.6 Å². The van der Waals surface area contributed by atoms with Crippen molar-refractivity contribution < 1.29 is 42.6 Å². The van der Waals surface area contributed by atoms with Crippen LogP contribution < -0.4 is 4.74 Å². The van der Waals surface area contributed by atoms with Crippen LogP contribution in [-0.4, -0.2) is 52.1 Å². The number of ether oxygens (including phenoxy) is 1. The number of carboxylic acids is 1. The number of amides is 1. The molecule has 4 atom stereocenters. The Labute approximate surface area is 233 Å². The Hall–Kier alpha value is -4.45. The Balaban J connectivity index is 2.14. The van der Waals surface area contributed by atoms with Crippen LogP contribution in [0.3, 0.4) is 0 Å². The van der Waals surface area contributed by atoms with Crippen molar-refractivity contribution >= 4 is 17.6 Å². The van der Waals surface area contributed by atoms with Crippen LogP contribution >= 0.6 is 0 Å². The van der Waals surface area contributed by atoms with Crippen molar-refractivity contribution in [3.05, 3.63) is 105 Å². The molecule has 9 nitrogen and oxygen atoms in total. The van der Waals surface area contributed by atoms with Gasteiger partial charge in [0, 0.05) is 24.6 Å². The van der Waals surface area contributed by atoms with Gasteiger partial charge in [-0.05, 0) is 42.7 Å². The Bertz CT molecular complexity index is 1380. The summed E-state index contributed by atoms with van der Waals surface area (Å²) in [6.45, 7) is 1.50. The molecule has 0 spiro atoms. The number of rotatable bonds is 11. The summed E-state index contributed by atoms with van der Waals surface area (Å²) in [5.74, 6) is -5.69. The number of carbonyl (C=O) groups is 2. The lowest BCUT2D eigenvalue weighted by molar-refractivity contribution is -0.385. The van der Waals surface area contributed by atoms with E-state index in [1.54, 1.807) is 30.3 Å². The van der Waals surface area contributed by atoms with Gasteiger partial charge in [-0.1, -0.05) is 48.5 Å². The second-order valence-electron chi connectivity index (χ2n) is 9.50. The highest BCUT2D eigenvalue weighted by molar-refractivity contribution is 5.98. The number of benzene rings is 3. The smallest absolute Gasteiger partial charge is 0.416 e. The summed E-state index contributed by atoms with van der Waals surface area (Å²) in [6.07, 6.45) is -6.98. The lowest BCUT2D eigenvalue weighted by Crippen LogP contribution is -2.46. The maximum atomic E-state index is 14.0. The standard InChI is InChI=1S/C29H29F3N2O7/c1-17(26(35)19-8-5-4-6-9-19)33(2)27(36)25(28(37)38)21(18-12-14-20(41-3)15-13-18)16-22-23(29(30,31)32)10-7-11-24(22)34(39)40/h4-15,17,21,25-26,35H,16H2,1-3H3,(H,37,38)/t17?,21-,25?,26?/m0/s1. The van der Waals surface area contributed by atoms with E-state index in [4.69, 9.17) is 4.74 Å². The number of aliphatic hydroxyl groups excluding tert-OH is 1. The Kier molecular flexibility index (Phi) is 9.71. The number of hydrogen-bond acceptors (Lipinski definition) is 6. The van der Waals surface area contributed by atoms with Gasteiger partial charge in [0.2, 0.25) is 5.91 Å². The number of carbonyl (C=O) groups excluding carboxylic acids is 1. The summed E-state index contributed by atoms with van der Waals surface area (Å²) in [6, 6.07) is 15.6. The Morgan fingerprint density at radius 2 is 1.61 bits per heavy atom. The van der Waals surface area contributed by atoms with E-state index in [0.717, 1.165) is 17.0 Å². The van der Waals surface area contributed by atoms with Crippen molar-refractivity contribution in [3.8, 4) is 5.75 Å². The molecule has 3 aromatic rings. The highest BCUT2D eigenvalue weighted by Crippen LogP contribution is 2.41. The highest BCUT2D eigenvalue weighted by atomic mass is 19.4. The molecule has 2 N–H and O–H groups in total. The van der Waals surface area contributed by atoms with E-state index in [-0.39, 0.29) is 5.56 Å². The first-order chi connectivity index (χ1) is 19.3. The molecule has 0 aromatic heterocycles. The van der Waals surface area contributed by atoms with Gasteiger partial charge >= 0.3 is 12.1 Å². The van der Waals surface area contributed by atoms with Crippen LogP contribution in [-0.2, 0) is 22.2 Å². The number of nitro benzene ring substituents is 1. The molecule has 0 radical (unpaired) electrons. The predicted molar refractivity (Wildman–Crippen MR) is 142 cm³/mol. The molecule has 0 saturated heterocycles. The first-order valence-corrected chi connectivity index (χ1v) is 12.5. The number of alkyl halides is 3. The van der Waals surface area contributed by atoms with Gasteiger partial charge < -0.3 is 19.8 Å². The van der Waals surface area contributed by atoms with Gasteiger partial charge in [0.25, 0.3) is 5.69 Å². The van der Waals surface area contributed by atoms with Crippen molar-refractivity contribution in [1.82, 2.24) is 4.90 Å². The maximum Gasteiger partial charge on any atom is 0.416 e. The predicted octanol–water partition coefficient (Wildman–Crippen LogP) is 5.23. The van der Waals surface area contributed by atoms with E-state index in [1.807, 2.05) is 0 Å². The number of nitrogens with zero attached hydrogens (tertiary/aromatic N) is 2. The van der Waals surface area contributed by atoms with Crippen LogP contribution in [0, 0.1) is 16.0 Å². The third kappa shape index (κ3) is 7.01. The third-order valence-corrected chi connectivity index (χ3v) is 7.11. The Morgan fingerprint density at radius 3 is 2.12 bits per heavy atom.